The molecule has 6 heteroatoms. The van der Waals surface area contributed by atoms with Gasteiger partial charge in [0.15, 0.2) is 0 Å². The zero-order valence-electron chi connectivity index (χ0n) is 21.4. The van der Waals surface area contributed by atoms with Gasteiger partial charge in [0.1, 0.15) is 11.5 Å². The van der Waals surface area contributed by atoms with E-state index in [0.29, 0.717) is 0 Å². The van der Waals surface area contributed by atoms with Crippen molar-refractivity contribution in [3.05, 3.63) is 112 Å². The zero-order valence-corrected chi connectivity index (χ0v) is 25.0. The van der Waals surface area contributed by atoms with Gasteiger partial charge in [0.2, 0.25) is 0 Å². The van der Waals surface area contributed by atoms with E-state index in [1.54, 1.807) is 14.2 Å². The minimum absolute atomic E-state index is 0. The number of likely N-dealkylation sites (N-methyl/N-ethyl adjacent to an activating group) is 1. The second-order valence-corrected chi connectivity index (χ2v) is 11.5. The van der Waals surface area contributed by atoms with Crippen LogP contribution in [0.1, 0.15) is 16.7 Å². The smallest absolute Gasteiger partial charge is 0.496 e. The van der Waals surface area contributed by atoms with Crippen molar-refractivity contribution in [2.24, 2.45) is 0 Å². The van der Waals surface area contributed by atoms with Crippen LogP contribution in [0.25, 0.3) is 0 Å². The van der Waals surface area contributed by atoms with E-state index in [1.807, 2.05) is 42.5 Å². The van der Waals surface area contributed by atoms with E-state index in [4.69, 9.17) is 9.47 Å². The van der Waals surface area contributed by atoms with Gasteiger partial charge in [-0.2, -0.15) is 29.8 Å². The first-order valence-corrected chi connectivity index (χ1v) is 14.3. The molecule has 0 amide bonds. The Labute approximate surface area is 236 Å². The quantitative estimate of drug-likeness (QED) is 0.108. The van der Waals surface area contributed by atoms with Gasteiger partial charge >= 0.3 is 17.1 Å². The van der Waals surface area contributed by atoms with Crippen LogP contribution in [0.2, 0.25) is 0 Å². The van der Waals surface area contributed by atoms with Crippen LogP contribution < -0.4 is 14.8 Å². The van der Waals surface area contributed by atoms with Gasteiger partial charge in [-0.3, -0.25) is 0 Å². The van der Waals surface area contributed by atoms with E-state index in [2.05, 4.69) is 83.5 Å². The van der Waals surface area contributed by atoms with Crippen LogP contribution in [0.3, 0.4) is 0 Å². The molecule has 3 nitrogen and oxygen atoms in total. The fourth-order valence-electron chi connectivity index (χ4n) is 3.90. The van der Waals surface area contributed by atoms with Gasteiger partial charge in [0.05, 0.1) is 14.2 Å². The zero-order chi connectivity index (χ0) is 25.0. The Balaban J connectivity index is 0.000000678. The molecule has 0 radical (unpaired) electrons. The summed E-state index contributed by atoms with van der Waals surface area (Å²) in [6, 6.07) is 31.3. The molecule has 0 aliphatic carbocycles. The molecule has 36 heavy (non-hydrogen) atoms. The molecule has 0 bridgehead atoms. The minimum Gasteiger partial charge on any atom is -0.496 e. The predicted octanol–water partition coefficient (Wildman–Crippen LogP) is 7.20. The van der Waals surface area contributed by atoms with Crippen LogP contribution in [-0.2, 0) is 35.8 Å². The van der Waals surface area contributed by atoms with Crippen molar-refractivity contribution in [2.45, 2.75) is 18.7 Å². The normalized spacial score (nSPS) is 10.5. The second kappa shape index (κ2) is 16.1. The third-order valence-electron chi connectivity index (χ3n) is 5.78. The third kappa shape index (κ3) is 8.91. The molecule has 0 spiro atoms. The van der Waals surface area contributed by atoms with Crippen LogP contribution in [0.15, 0.2) is 95.5 Å². The molecule has 0 atom stereocenters. The number of para-hydroxylation sites is 2. The van der Waals surface area contributed by atoms with Gasteiger partial charge in [0.25, 0.3) is 0 Å². The third-order valence-corrected chi connectivity index (χ3v) is 9.52. The summed E-state index contributed by atoms with van der Waals surface area (Å²) in [6.45, 7) is 1.04. The van der Waals surface area contributed by atoms with Gasteiger partial charge in [-0.1, -0.05) is 63.2 Å². The standard InChI is InChI=1S/C25H30BrNO2P.C5H5.Fe/c1-27(2)16-15-19-13-14-24(25(19)26)30(17-20-9-5-7-11-22(20)28-3)18-21-10-6-8-12-23(21)29-4;1-2-4-5-3-1;/h5-14H,15-18H2,1-4H3;1-5H;/q2*-1;+2. The Kier molecular flexibility index (Phi) is 13.6. The summed E-state index contributed by atoms with van der Waals surface area (Å²) in [5.41, 5.74) is 3.89. The minimum atomic E-state index is -0.499. The average Bonchev–Trinajstić information content (AvgIpc) is 3.57. The topological polar surface area (TPSA) is 21.7 Å². The fraction of sp³-hybridized carbons (Fsp3) is 0.267. The van der Waals surface area contributed by atoms with Crippen LogP contribution in [0.5, 0.6) is 11.5 Å². The summed E-state index contributed by atoms with van der Waals surface area (Å²) in [5.74, 6) is 1.92. The Hall–Kier alpha value is -1.87. The summed E-state index contributed by atoms with van der Waals surface area (Å²) in [5, 5.41) is 1.41. The van der Waals surface area contributed by atoms with Crippen molar-refractivity contribution in [1.82, 2.24) is 4.90 Å². The number of nitrogens with zero attached hydrogens (tertiary/aromatic N) is 1. The Bertz CT molecular complexity index is 1080. The molecular formula is C30H35BrFeNO2P. The molecule has 192 valence electrons. The van der Waals surface area contributed by atoms with Crippen molar-refractivity contribution >= 4 is 29.2 Å². The number of methoxy groups -OCH3 is 2. The van der Waals surface area contributed by atoms with Crippen molar-refractivity contribution in [3.63, 3.8) is 0 Å². The van der Waals surface area contributed by atoms with Crippen LogP contribution in [0.4, 0.5) is 0 Å². The molecule has 0 aromatic heterocycles. The number of ether oxygens (including phenoxy) is 2. The summed E-state index contributed by atoms with van der Waals surface area (Å²) in [4.78, 5) is 2.23. The van der Waals surface area contributed by atoms with Crippen molar-refractivity contribution in [1.29, 1.82) is 0 Å². The van der Waals surface area contributed by atoms with E-state index in [1.165, 1.54) is 26.5 Å². The van der Waals surface area contributed by atoms with E-state index < -0.39 is 7.92 Å². The summed E-state index contributed by atoms with van der Waals surface area (Å²) in [7, 11) is 7.24. The molecule has 0 heterocycles. The number of hydrogen-bond donors (Lipinski definition) is 0. The van der Waals surface area contributed by atoms with Gasteiger partial charge in [-0.25, -0.2) is 18.2 Å². The summed E-state index contributed by atoms with van der Waals surface area (Å²) >= 11 is 3.94. The van der Waals surface area contributed by atoms with Crippen LogP contribution in [0, 0.1) is 0 Å². The van der Waals surface area contributed by atoms with Crippen LogP contribution >= 0.6 is 23.9 Å². The molecule has 0 unspecified atom stereocenters. The predicted molar refractivity (Wildman–Crippen MR) is 154 cm³/mol. The number of rotatable bonds is 10. The first-order chi connectivity index (χ1) is 17.0. The Morgan fingerprint density at radius 2 is 1.33 bits per heavy atom. The molecule has 0 saturated carbocycles. The maximum atomic E-state index is 5.65. The Morgan fingerprint density at radius 1 is 0.806 bits per heavy atom. The number of halogens is 1. The molecule has 0 fully saturated rings. The Morgan fingerprint density at radius 3 is 1.78 bits per heavy atom. The molecule has 4 aromatic rings. The second-order valence-electron chi connectivity index (χ2n) is 8.55. The summed E-state index contributed by atoms with van der Waals surface area (Å²) in [6.07, 6.45) is 2.97. The molecule has 0 N–H and O–H groups in total. The maximum absolute atomic E-state index is 5.65. The molecular weight excluding hydrogens is 573 g/mol. The van der Waals surface area contributed by atoms with E-state index >= 15 is 0 Å². The van der Waals surface area contributed by atoms with E-state index in [0.717, 1.165) is 36.8 Å². The van der Waals surface area contributed by atoms with E-state index in [-0.39, 0.29) is 17.1 Å². The largest absolute Gasteiger partial charge is 2.00 e. The molecule has 0 saturated heterocycles. The maximum Gasteiger partial charge on any atom is 2.00 e. The summed E-state index contributed by atoms with van der Waals surface area (Å²) < 4.78 is 12.6. The van der Waals surface area contributed by atoms with Crippen molar-refractivity contribution in [2.75, 3.05) is 34.9 Å². The van der Waals surface area contributed by atoms with E-state index in [9.17, 15) is 0 Å². The number of benzene rings is 2. The number of hydrogen-bond acceptors (Lipinski definition) is 3. The molecule has 0 aliphatic heterocycles. The van der Waals surface area contributed by atoms with Gasteiger partial charge in [0, 0.05) is 0 Å². The first kappa shape index (κ1) is 30.4. The fourth-order valence-corrected chi connectivity index (χ4v) is 7.62. The average molecular weight is 608 g/mol. The SMILES string of the molecule is COc1ccccc1CP(Cc1ccccc1OC)[c-]1ccc(CCN(C)C)c1Br.[Fe+2].c1cc[cH-]c1. The van der Waals surface area contributed by atoms with Gasteiger partial charge in [-0.15, -0.1) is 13.2 Å². The monoisotopic (exact) mass is 607 g/mol. The van der Waals surface area contributed by atoms with Crippen molar-refractivity contribution < 1.29 is 26.5 Å². The van der Waals surface area contributed by atoms with Gasteiger partial charge in [-0.05, 0) is 56.2 Å². The molecule has 4 rings (SSSR count). The molecule has 4 aromatic carbocycles. The van der Waals surface area contributed by atoms with Crippen LogP contribution in [-0.4, -0.2) is 39.8 Å². The van der Waals surface area contributed by atoms with Crippen molar-refractivity contribution in [3.8, 4) is 11.5 Å². The van der Waals surface area contributed by atoms with Gasteiger partial charge < -0.3 is 14.4 Å². The first-order valence-electron chi connectivity index (χ1n) is 11.8. The molecule has 0 aliphatic rings.